The van der Waals surface area contributed by atoms with E-state index in [4.69, 9.17) is 5.73 Å². The minimum absolute atomic E-state index is 0.415. The number of nitrogens with zero attached hydrogens (tertiary/aromatic N) is 1. The first kappa shape index (κ1) is 9.90. The second-order valence-electron chi connectivity index (χ2n) is 3.46. The fourth-order valence-electron chi connectivity index (χ4n) is 1.09. The molecule has 1 saturated carbocycles. The number of hydrogen-bond acceptors (Lipinski definition) is 2. The molecule has 0 radical (unpaired) electrons. The van der Waals surface area contributed by atoms with Gasteiger partial charge in [-0.3, -0.25) is 4.99 Å². The zero-order valence-corrected chi connectivity index (χ0v) is 8.73. The first-order valence-electron chi connectivity index (χ1n) is 4.56. The quantitative estimate of drug-likeness (QED) is 0.526. The van der Waals surface area contributed by atoms with Crippen LogP contribution in [0.4, 0.5) is 0 Å². The molecule has 0 heterocycles. The predicted octanol–water partition coefficient (Wildman–Crippen LogP) is 1.90. The molecule has 0 aromatic heterocycles. The zero-order valence-electron chi connectivity index (χ0n) is 7.92. The van der Waals surface area contributed by atoms with Gasteiger partial charge in [0.2, 0.25) is 0 Å². The Morgan fingerprint density at radius 3 is 2.83 bits per heavy atom. The highest BCUT2D eigenvalue weighted by molar-refractivity contribution is 7.98. The monoisotopic (exact) mass is 186 g/mol. The standard InChI is InChI=1S/C9H18N2S/c1-7(5-6-12-2)11-9(10)8-3-4-8/h7-8H,3-6H2,1-2H3,(H2,10,11). The van der Waals surface area contributed by atoms with Crippen LogP contribution < -0.4 is 5.73 Å². The first-order valence-corrected chi connectivity index (χ1v) is 5.95. The number of thioether (sulfide) groups is 1. The number of rotatable bonds is 5. The molecule has 3 heteroatoms. The molecule has 0 aromatic rings. The molecule has 70 valence electrons. The average molecular weight is 186 g/mol. The van der Waals surface area contributed by atoms with Crippen molar-refractivity contribution in [3.63, 3.8) is 0 Å². The molecule has 0 amide bonds. The topological polar surface area (TPSA) is 38.4 Å². The molecule has 1 unspecified atom stereocenters. The molecular formula is C9H18N2S. The van der Waals surface area contributed by atoms with E-state index < -0.39 is 0 Å². The summed E-state index contributed by atoms with van der Waals surface area (Å²) in [4.78, 5) is 4.46. The van der Waals surface area contributed by atoms with Crippen molar-refractivity contribution < 1.29 is 0 Å². The van der Waals surface area contributed by atoms with Crippen LogP contribution in [0.1, 0.15) is 26.2 Å². The summed E-state index contributed by atoms with van der Waals surface area (Å²) in [5.41, 5.74) is 5.79. The molecule has 1 atom stereocenters. The molecule has 1 aliphatic rings. The molecule has 0 bridgehead atoms. The van der Waals surface area contributed by atoms with E-state index >= 15 is 0 Å². The Morgan fingerprint density at radius 2 is 2.33 bits per heavy atom. The third kappa shape index (κ3) is 3.48. The third-order valence-corrected chi connectivity index (χ3v) is 2.75. The molecule has 0 aromatic carbocycles. The van der Waals surface area contributed by atoms with Crippen molar-refractivity contribution in [2.45, 2.75) is 32.2 Å². The van der Waals surface area contributed by atoms with Crippen molar-refractivity contribution in [1.29, 1.82) is 0 Å². The number of nitrogens with two attached hydrogens (primary N) is 1. The summed E-state index contributed by atoms with van der Waals surface area (Å²) >= 11 is 1.87. The Bertz CT molecular complexity index is 164. The Morgan fingerprint density at radius 1 is 1.67 bits per heavy atom. The number of amidine groups is 1. The van der Waals surface area contributed by atoms with Crippen LogP contribution in [-0.2, 0) is 0 Å². The van der Waals surface area contributed by atoms with Gasteiger partial charge in [0.15, 0.2) is 0 Å². The van der Waals surface area contributed by atoms with Crippen LogP contribution in [0.5, 0.6) is 0 Å². The van der Waals surface area contributed by atoms with E-state index in [1.807, 2.05) is 11.8 Å². The summed E-state index contributed by atoms with van der Waals surface area (Å²) in [5, 5.41) is 0. The lowest BCUT2D eigenvalue weighted by Gasteiger charge is -2.06. The van der Waals surface area contributed by atoms with Crippen molar-refractivity contribution in [3.05, 3.63) is 0 Å². The van der Waals surface area contributed by atoms with Crippen molar-refractivity contribution in [3.8, 4) is 0 Å². The molecule has 1 aliphatic carbocycles. The summed E-state index contributed by atoms with van der Waals surface area (Å²) < 4.78 is 0. The summed E-state index contributed by atoms with van der Waals surface area (Å²) in [5.74, 6) is 2.70. The van der Waals surface area contributed by atoms with Gasteiger partial charge in [0.25, 0.3) is 0 Å². The largest absolute Gasteiger partial charge is 0.387 e. The molecule has 2 nitrogen and oxygen atoms in total. The lowest BCUT2D eigenvalue weighted by molar-refractivity contribution is 0.718. The maximum absolute atomic E-state index is 5.79. The lowest BCUT2D eigenvalue weighted by Crippen LogP contribution is -2.17. The zero-order chi connectivity index (χ0) is 8.97. The Hall–Kier alpha value is -0.180. The van der Waals surface area contributed by atoms with Crippen LogP contribution in [0, 0.1) is 5.92 Å². The van der Waals surface area contributed by atoms with E-state index in [2.05, 4.69) is 18.2 Å². The molecule has 1 fully saturated rings. The van der Waals surface area contributed by atoms with Crippen molar-refractivity contribution in [2.75, 3.05) is 12.0 Å². The summed E-state index contributed by atoms with van der Waals surface area (Å²) in [6.07, 6.45) is 5.78. The van der Waals surface area contributed by atoms with Gasteiger partial charge >= 0.3 is 0 Å². The summed E-state index contributed by atoms with van der Waals surface area (Å²) in [6.45, 7) is 2.14. The van der Waals surface area contributed by atoms with Crippen LogP contribution in [0.2, 0.25) is 0 Å². The summed E-state index contributed by atoms with van der Waals surface area (Å²) in [6, 6.07) is 0.415. The number of aliphatic imine (C=N–C) groups is 1. The van der Waals surface area contributed by atoms with E-state index in [1.165, 1.54) is 18.6 Å². The molecule has 1 rings (SSSR count). The van der Waals surface area contributed by atoms with Gasteiger partial charge in [0.1, 0.15) is 0 Å². The molecule has 2 N–H and O–H groups in total. The van der Waals surface area contributed by atoms with E-state index in [-0.39, 0.29) is 0 Å². The SMILES string of the molecule is CSCCC(C)N=C(N)C1CC1. The molecule has 0 saturated heterocycles. The van der Waals surface area contributed by atoms with Gasteiger partial charge in [0.05, 0.1) is 5.84 Å². The van der Waals surface area contributed by atoms with E-state index in [1.54, 1.807) is 0 Å². The maximum atomic E-state index is 5.79. The smallest absolute Gasteiger partial charge is 0.0971 e. The normalized spacial score (nSPS) is 21.0. The van der Waals surface area contributed by atoms with E-state index in [0.29, 0.717) is 12.0 Å². The van der Waals surface area contributed by atoms with Gasteiger partial charge in [0, 0.05) is 12.0 Å². The van der Waals surface area contributed by atoms with Gasteiger partial charge in [-0.1, -0.05) is 0 Å². The fraction of sp³-hybridized carbons (Fsp3) is 0.889. The minimum atomic E-state index is 0.415. The predicted molar refractivity (Wildman–Crippen MR) is 56.8 cm³/mol. The third-order valence-electron chi connectivity index (χ3n) is 2.10. The van der Waals surface area contributed by atoms with Crippen LogP contribution in [-0.4, -0.2) is 23.9 Å². The lowest BCUT2D eigenvalue weighted by atomic mass is 10.2. The van der Waals surface area contributed by atoms with Gasteiger partial charge in [-0.25, -0.2) is 0 Å². The van der Waals surface area contributed by atoms with Crippen molar-refractivity contribution in [2.24, 2.45) is 16.6 Å². The highest BCUT2D eigenvalue weighted by Crippen LogP contribution is 2.29. The average Bonchev–Trinajstić information content (AvgIpc) is 2.82. The molecule has 12 heavy (non-hydrogen) atoms. The Kier molecular flexibility index (Phi) is 3.92. The molecule has 0 aliphatic heterocycles. The van der Waals surface area contributed by atoms with Crippen LogP contribution in [0.3, 0.4) is 0 Å². The second kappa shape index (κ2) is 4.75. The highest BCUT2D eigenvalue weighted by Gasteiger charge is 2.25. The fourth-order valence-corrected chi connectivity index (χ4v) is 1.67. The van der Waals surface area contributed by atoms with Gasteiger partial charge < -0.3 is 5.73 Å². The van der Waals surface area contributed by atoms with Crippen LogP contribution >= 0.6 is 11.8 Å². The Balaban J connectivity index is 2.22. The second-order valence-corrected chi connectivity index (χ2v) is 4.44. The van der Waals surface area contributed by atoms with Gasteiger partial charge in [-0.15, -0.1) is 0 Å². The van der Waals surface area contributed by atoms with Gasteiger partial charge in [-0.2, -0.15) is 11.8 Å². The van der Waals surface area contributed by atoms with Crippen LogP contribution in [0.25, 0.3) is 0 Å². The first-order chi connectivity index (χ1) is 5.74. The van der Waals surface area contributed by atoms with E-state index in [0.717, 1.165) is 12.3 Å². The van der Waals surface area contributed by atoms with Crippen molar-refractivity contribution >= 4 is 17.6 Å². The summed E-state index contributed by atoms with van der Waals surface area (Å²) in [7, 11) is 0. The van der Waals surface area contributed by atoms with Crippen LogP contribution in [0.15, 0.2) is 4.99 Å². The minimum Gasteiger partial charge on any atom is -0.387 e. The molecular weight excluding hydrogens is 168 g/mol. The Labute approximate surface area is 79.0 Å². The van der Waals surface area contributed by atoms with Gasteiger partial charge in [-0.05, 0) is 38.2 Å². The number of hydrogen-bond donors (Lipinski definition) is 1. The van der Waals surface area contributed by atoms with Crippen molar-refractivity contribution in [1.82, 2.24) is 0 Å². The molecule has 0 spiro atoms. The highest BCUT2D eigenvalue weighted by atomic mass is 32.2. The maximum Gasteiger partial charge on any atom is 0.0971 e. The van der Waals surface area contributed by atoms with E-state index in [9.17, 15) is 0 Å².